The predicted octanol–water partition coefficient (Wildman–Crippen LogP) is 3.66. The van der Waals surface area contributed by atoms with Gasteiger partial charge in [-0.3, -0.25) is 9.36 Å². The van der Waals surface area contributed by atoms with Crippen molar-refractivity contribution in [3.05, 3.63) is 78.6 Å². The Morgan fingerprint density at radius 2 is 1.94 bits per heavy atom. The molecule has 4 heterocycles. The molecule has 8 nitrogen and oxygen atoms in total. The minimum Gasteiger partial charge on any atom is -0.465 e. The fourth-order valence-corrected chi connectivity index (χ4v) is 3.66. The predicted molar refractivity (Wildman–Crippen MR) is 116 cm³/mol. The van der Waals surface area contributed by atoms with Crippen molar-refractivity contribution in [2.24, 2.45) is 7.05 Å². The van der Waals surface area contributed by atoms with Crippen LogP contribution in [0.1, 0.15) is 15.9 Å². The van der Waals surface area contributed by atoms with E-state index < -0.39 is 0 Å². The minimum atomic E-state index is -0.348. The summed E-state index contributed by atoms with van der Waals surface area (Å²) in [5.41, 5.74) is 6.36. The first-order chi connectivity index (χ1) is 15.1. The van der Waals surface area contributed by atoms with Gasteiger partial charge in [0.05, 0.1) is 31.6 Å². The fraction of sp³-hybridized carbons (Fsp3) is 0.130. The lowest BCUT2D eigenvalue weighted by Crippen LogP contribution is -2.04. The number of benzene rings is 1. The molecule has 154 valence electrons. The Bertz CT molecular complexity index is 1390. The van der Waals surface area contributed by atoms with Crippen LogP contribution in [0.4, 0.5) is 0 Å². The monoisotopic (exact) mass is 412 g/mol. The number of carbonyl (C=O) groups excluding carboxylic acids is 1. The Morgan fingerprint density at radius 3 is 2.74 bits per heavy atom. The molecule has 5 aromatic rings. The van der Waals surface area contributed by atoms with E-state index in [1.54, 1.807) is 10.7 Å². The fourth-order valence-electron chi connectivity index (χ4n) is 3.66. The second kappa shape index (κ2) is 7.56. The molecule has 0 atom stereocenters. The first-order valence-corrected chi connectivity index (χ1v) is 9.77. The Kier molecular flexibility index (Phi) is 4.59. The van der Waals surface area contributed by atoms with E-state index in [9.17, 15) is 4.79 Å². The van der Waals surface area contributed by atoms with Crippen molar-refractivity contribution in [1.82, 2.24) is 29.5 Å². The van der Waals surface area contributed by atoms with Crippen LogP contribution in [-0.2, 0) is 18.3 Å². The number of ether oxygens (including phenoxy) is 1. The molecular formula is C23H20N6O2. The van der Waals surface area contributed by atoms with Gasteiger partial charge in [-0.25, -0.2) is 9.78 Å². The first-order valence-electron chi connectivity index (χ1n) is 9.77. The summed E-state index contributed by atoms with van der Waals surface area (Å²) in [6.07, 6.45) is 11.4. The molecule has 4 aromatic heterocycles. The minimum absolute atomic E-state index is 0.348. The summed E-state index contributed by atoms with van der Waals surface area (Å²) in [6, 6.07) is 9.48. The lowest BCUT2D eigenvalue weighted by Gasteiger charge is -2.04. The molecule has 0 bridgehead atoms. The number of hydrogen-bond acceptors (Lipinski definition) is 5. The molecule has 8 heteroatoms. The van der Waals surface area contributed by atoms with Crippen LogP contribution in [0.25, 0.3) is 33.3 Å². The summed E-state index contributed by atoms with van der Waals surface area (Å²) >= 11 is 0. The molecule has 0 fully saturated rings. The molecule has 0 aliphatic rings. The number of nitrogens with one attached hydrogen (secondary N) is 1. The Hall–Kier alpha value is -4.20. The average molecular weight is 412 g/mol. The maximum absolute atomic E-state index is 11.8. The number of esters is 1. The number of fused-ring (bicyclic) bond motifs is 1. The van der Waals surface area contributed by atoms with E-state index >= 15 is 0 Å². The highest BCUT2D eigenvalue weighted by molar-refractivity contribution is 5.95. The van der Waals surface area contributed by atoms with Gasteiger partial charge in [0.15, 0.2) is 0 Å². The number of hydrogen-bond donors (Lipinski definition) is 1. The number of aromatic nitrogens is 6. The molecule has 1 aromatic carbocycles. The van der Waals surface area contributed by atoms with Crippen molar-refractivity contribution in [2.75, 3.05) is 7.11 Å². The van der Waals surface area contributed by atoms with Crippen molar-refractivity contribution in [3.63, 3.8) is 0 Å². The summed E-state index contributed by atoms with van der Waals surface area (Å²) in [7, 11) is 3.27. The van der Waals surface area contributed by atoms with Gasteiger partial charge < -0.3 is 9.72 Å². The Morgan fingerprint density at radius 1 is 1.06 bits per heavy atom. The first kappa shape index (κ1) is 18.8. The van der Waals surface area contributed by atoms with Crippen LogP contribution in [0.15, 0.2) is 67.5 Å². The highest BCUT2D eigenvalue weighted by atomic mass is 16.5. The van der Waals surface area contributed by atoms with Gasteiger partial charge >= 0.3 is 5.97 Å². The molecule has 0 unspecified atom stereocenters. The molecule has 31 heavy (non-hydrogen) atoms. The van der Waals surface area contributed by atoms with Crippen LogP contribution >= 0.6 is 0 Å². The normalized spacial score (nSPS) is 11.2. The maximum atomic E-state index is 11.8. The summed E-state index contributed by atoms with van der Waals surface area (Å²) in [4.78, 5) is 19.6. The van der Waals surface area contributed by atoms with Gasteiger partial charge in [0.2, 0.25) is 0 Å². The van der Waals surface area contributed by atoms with Crippen molar-refractivity contribution in [2.45, 2.75) is 6.54 Å². The van der Waals surface area contributed by atoms with E-state index in [1.165, 1.54) is 7.11 Å². The molecule has 1 N–H and O–H groups in total. The smallest absolute Gasteiger partial charge is 0.337 e. The van der Waals surface area contributed by atoms with Gasteiger partial charge in [-0.05, 0) is 23.8 Å². The zero-order valence-corrected chi connectivity index (χ0v) is 17.1. The lowest BCUT2D eigenvalue weighted by molar-refractivity contribution is 0.0600. The van der Waals surface area contributed by atoms with E-state index in [0.717, 1.165) is 38.9 Å². The van der Waals surface area contributed by atoms with Crippen molar-refractivity contribution >= 4 is 17.0 Å². The second-order valence-corrected chi connectivity index (χ2v) is 7.34. The molecule has 0 aliphatic heterocycles. The zero-order chi connectivity index (χ0) is 21.4. The third-order valence-corrected chi connectivity index (χ3v) is 5.21. The number of aromatic amines is 1. The number of H-pyrrole nitrogens is 1. The van der Waals surface area contributed by atoms with Crippen LogP contribution in [0.3, 0.4) is 0 Å². The van der Waals surface area contributed by atoms with Crippen molar-refractivity contribution in [3.8, 4) is 22.3 Å². The third kappa shape index (κ3) is 3.59. The van der Waals surface area contributed by atoms with Crippen LogP contribution in [-0.4, -0.2) is 42.6 Å². The highest BCUT2D eigenvalue weighted by Crippen LogP contribution is 2.30. The lowest BCUT2D eigenvalue weighted by atomic mass is 10.1. The molecule has 0 radical (unpaired) electrons. The molecule has 0 amide bonds. The van der Waals surface area contributed by atoms with Gasteiger partial charge in [-0.15, -0.1) is 0 Å². The van der Waals surface area contributed by atoms with Gasteiger partial charge in [0.1, 0.15) is 5.65 Å². The van der Waals surface area contributed by atoms with Crippen LogP contribution in [0.5, 0.6) is 0 Å². The number of pyridine rings is 1. The molecule has 0 aliphatic carbocycles. The third-order valence-electron chi connectivity index (χ3n) is 5.21. The SMILES string of the molecule is COC(=O)c1cccc(Cn2cc(-c3c[nH]c4ncc(-c5cnn(C)c5)cc34)cn2)c1. The molecular weight excluding hydrogens is 392 g/mol. The summed E-state index contributed by atoms with van der Waals surface area (Å²) in [5, 5.41) is 9.77. The summed E-state index contributed by atoms with van der Waals surface area (Å²) in [5.74, 6) is -0.348. The zero-order valence-electron chi connectivity index (χ0n) is 17.1. The molecule has 0 saturated heterocycles. The average Bonchev–Trinajstić information content (AvgIpc) is 3.52. The number of aryl methyl sites for hydroxylation is 1. The number of rotatable bonds is 5. The number of nitrogens with zero attached hydrogens (tertiary/aromatic N) is 5. The van der Waals surface area contributed by atoms with Gasteiger partial charge in [-0.1, -0.05) is 12.1 Å². The standard InChI is InChI=1S/C23H20N6O2/c1-28-13-18(9-26-28)17-7-20-21(11-25-22(20)24-8-17)19-10-27-29(14-19)12-15-4-3-5-16(6-15)23(30)31-2/h3-11,13-14H,12H2,1-2H3,(H,24,25). The van der Waals surface area contributed by atoms with E-state index in [4.69, 9.17) is 4.74 Å². The molecule has 5 rings (SSSR count). The van der Waals surface area contributed by atoms with Gasteiger partial charge in [0, 0.05) is 59.5 Å². The highest BCUT2D eigenvalue weighted by Gasteiger charge is 2.12. The number of carbonyl (C=O) groups is 1. The van der Waals surface area contributed by atoms with Crippen molar-refractivity contribution < 1.29 is 9.53 Å². The van der Waals surface area contributed by atoms with E-state index in [0.29, 0.717) is 12.1 Å². The maximum Gasteiger partial charge on any atom is 0.337 e. The topological polar surface area (TPSA) is 90.6 Å². The summed E-state index contributed by atoms with van der Waals surface area (Å²) in [6.45, 7) is 0.548. The van der Waals surface area contributed by atoms with Crippen LogP contribution in [0.2, 0.25) is 0 Å². The van der Waals surface area contributed by atoms with Crippen molar-refractivity contribution in [1.29, 1.82) is 0 Å². The van der Waals surface area contributed by atoms with Crippen LogP contribution in [0, 0.1) is 0 Å². The molecule has 0 spiro atoms. The van der Waals surface area contributed by atoms with E-state index in [-0.39, 0.29) is 5.97 Å². The van der Waals surface area contributed by atoms with Gasteiger partial charge in [-0.2, -0.15) is 10.2 Å². The summed E-state index contributed by atoms with van der Waals surface area (Å²) < 4.78 is 8.43. The second-order valence-electron chi connectivity index (χ2n) is 7.34. The van der Waals surface area contributed by atoms with E-state index in [2.05, 4.69) is 26.2 Å². The largest absolute Gasteiger partial charge is 0.465 e. The van der Waals surface area contributed by atoms with Crippen LogP contribution < -0.4 is 0 Å². The Balaban J connectivity index is 1.45. The quantitative estimate of drug-likeness (QED) is 0.445. The number of methoxy groups -OCH3 is 1. The van der Waals surface area contributed by atoms with E-state index in [1.807, 2.05) is 67.1 Å². The van der Waals surface area contributed by atoms with Gasteiger partial charge in [0.25, 0.3) is 0 Å². The Labute approximate surface area is 178 Å². The molecule has 0 saturated carbocycles.